The van der Waals surface area contributed by atoms with E-state index in [0.29, 0.717) is 12.1 Å². The standard InChI is InChI=1S/C20H26N2O2/c1-15-9-16(2)12-22(11-15)13-18-5-3-17(4-6-18)10-21-20(23)19-7-8-24-14-19/h3-8,14-16H,9-13H2,1-2H3,(H,21,23)/t15-,16+. The van der Waals surface area contributed by atoms with Crippen LogP contribution in [0.25, 0.3) is 0 Å². The minimum Gasteiger partial charge on any atom is -0.472 e. The fraction of sp³-hybridized carbons (Fsp3) is 0.450. The van der Waals surface area contributed by atoms with Crippen molar-refractivity contribution < 1.29 is 9.21 Å². The molecule has 2 heterocycles. The number of piperidine rings is 1. The van der Waals surface area contributed by atoms with Gasteiger partial charge in [0.2, 0.25) is 0 Å². The minimum absolute atomic E-state index is 0.107. The van der Waals surface area contributed by atoms with E-state index < -0.39 is 0 Å². The maximum atomic E-state index is 11.9. The van der Waals surface area contributed by atoms with Gasteiger partial charge in [-0.2, -0.15) is 0 Å². The maximum absolute atomic E-state index is 11.9. The van der Waals surface area contributed by atoms with Crippen LogP contribution in [0, 0.1) is 11.8 Å². The highest BCUT2D eigenvalue weighted by Gasteiger charge is 2.21. The van der Waals surface area contributed by atoms with Crippen LogP contribution >= 0.6 is 0 Å². The van der Waals surface area contributed by atoms with E-state index in [2.05, 4.69) is 48.3 Å². The number of hydrogen-bond donors (Lipinski definition) is 1. The van der Waals surface area contributed by atoms with Crippen molar-refractivity contribution in [3.8, 4) is 0 Å². The van der Waals surface area contributed by atoms with E-state index in [4.69, 9.17) is 4.42 Å². The van der Waals surface area contributed by atoms with Crippen molar-refractivity contribution in [3.05, 3.63) is 59.5 Å². The molecule has 2 aromatic rings. The molecule has 3 rings (SSSR count). The molecule has 0 radical (unpaired) electrons. The lowest BCUT2D eigenvalue weighted by Gasteiger charge is -2.35. The van der Waals surface area contributed by atoms with Crippen LogP contribution in [-0.4, -0.2) is 23.9 Å². The molecule has 1 N–H and O–H groups in total. The van der Waals surface area contributed by atoms with Gasteiger partial charge in [-0.15, -0.1) is 0 Å². The lowest BCUT2D eigenvalue weighted by Crippen LogP contribution is -2.38. The zero-order valence-electron chi connectivity index (χ0n) is 14.5. The van der Waals surface area contributed by atoms with Gasteiger partial charge in [0.05, 0.1) is 11.8 Å². The van der Waals surface area contributed by atoms with Crippen LogP contribution in [0.4, 0.5) is 0 Å². The monoisotopic (exact) mass is 326 g/mol. The second-order valence-electron chi connectivity index (χ2n) is 7.15. The topological polar surface area (TPSA) is 45.5 Å². The average molecular weight is 326 g/mol. The van der Waals surface area contributed by atoms with Gasteiger partial charge in [0.1, 0.15) is 6.26 Å². The average Bonchev–Trinajstić information content (AvgIpc) is 3.07. The Morgan fingerprint density at radius 1 is 1.12 bits per heavy atom. The molecule has 1 saturated heterocycles. The molecule has 0 aliphatic carbocycles. The first kappa shape index (κ1) is 16.8. The smallest absolute Gasteiger partial charge is 0.254 e. The molecule has 1 fully saturated rings. The van der Waals surface area contributed by atoms with E-state index in [9.17, 15) is 4.79 Å². The highest BCUT2D eigenvalue weighted by atomic mass is 16.3. The van der Waals surface area contributed by atoms with E-state index in [0.717, 1.165) is 23.9 Å². The van der Waals surface area contributed by atoms with Gasteiger partial charge in [0.15, 0.2) is 0 Å². The quantitative estimate of drug-likeness (QED) is 0.911. The summed E-state index contributed by atoms with van der Waals surface area (Å²) in [5, 5.41) is 2.90. The molecule has 1 aliphatic heterocycles. The van der Waals surface area contributed by atoms with Crippen LogP contribution in [-0.2, 0) is 13.1 Å². The first-order chi connectivity index (χ1) is 11.6. The predicted octanol–water partition coefficient (Wildman–Crippen LogP) is 3.69. The summed E-state index contributed by atoms with van der Waals surface area (Å²) in [6.07, 6.45) is 4.30. The number of nitrogens with zero attached hydrogens (tertiary/aromatic N) is 1. The van der Waals surface area contributed by atoms with Crippen molar-refractivity contribution in [1.82, 2.24) is 10.2 Å². The summed E-state index contributed by atoms with van der Waals surface area (Å²) in [6.45, 7) is 8.60. The van der Waals surface area contributed by atoms with Crippen molar-refractivity contribution in [1.29, 1.82) is 0 Å². The van der Waals surface area contributed by atoms with Crippen LogP contribution < -0.4 is 5.32 Å². The number of nitrogens with one attached hydrogen (secondary N) is 1. The number of benzene rings is 1. The van der Waals surface area contributed by atoms with Crippen molar-refractivity contribution >= 4 is 5.91 Å². The SMILES string of the molecule is C[C@@H]1C[C@H](C)CN(Cc2ccc(CNC(=O)c3ccoc3)cc2)C1. The number of likely N-dealkylation sites (tertiary alicyclic amines) is 1. The van der Waals surface area contributed by atoms with Crippen LogP contribution in [0.1, 0.15) is 41.8 Å². The van der Waals surface area contributed by atoms with Crippen LogP contribution in [0.2, 0.25) is 0 Å². The van der Waals surface area contributed by atoms with E-state index in [1.807, 2.05) is 0 Å². The van der Waals surface area contributed by atoms with Crippen molar-refractivity contribution in [2.24, 2.45) is 11.8 Å². The lowest BCUT2D eigenvalue weighted by atomic mass is 9.91. The molecule has 1 aromatic carbocycles. The van der Waals surface area contributed by atoms with Gasteiger partial charge in [-0.25, -0.2) is 0 Å². The number of amides is 1. The summed E-state index contributed by atoms with van der Waals surface area (Å²) in [5.41, 5.74) is 3.00. The third kappa shape index (κ3) is 4.48. The zero-order valence-corrected chi connectivity index (χ0v) is 14.5. The molecular weight excluding hydrogens is 300 g/mol. The zero-order chi connectivity index (χ0) is 16.9. The second-order valence-corrected chi connectivity index (χ2v) is 7.15. The minimum atomic E-state index is -0.107. The number of furan rings is 1. The molecule has 1 aliphatic rings. The van der Waals surface area contributed by atoms with Crippen LogP contribution in [0.5, 0.6) is 0 Å². The predicted molar refractivity (Wildman–Crippen MR) is 94.5 cm³/mol. The largest absolute Gasteiger partial charge is 0.472 e. The summed E-state index contributed by atoms with van der Waals surface area (Å²) in [5.74, 6) is 1.46. The van der Waals surface area contributed by atoms with Crippen LogP contribution in [0.3, 0.4) is 0 Å². The summed E-state index contributed by atoms with van der Waals surface area (Å²) < 4.78 is 4.93. The Morgan fingerprint density at radius 3 is 2.42 bits per heavy atom. The molecule has 4 nitrogen and oxygen atoms in total. The van der Waals surface area contributed by atoms with Gasteiger partial charge in [0, 0.05) is 26.2 Å². The highest BCUT2D eigenvalue weighted by Crippen LogP contribution is 2.22. The Balaban J connectivity index is 1.51. The summed E-state index contributed by atoms with van der Waals surface area (Å²) in [6, 6.07) is 10.2. The molecule has 1 aromatic heterocycles. The highest BCUT2D eigenvalue weighted by molar-refractivity contribution is 5.93. The number of hydrogen-bond acceptors (Lipinski definition) is 3. The van der Waals surface area contributed by atoms with Gasteiger partial charge in [-0.3, -0.25) is 9.69 Å². The lowest BCUT2D eigenvalue weighted by molar-refractivity contribution is 0.0950. The third-order valence-corrected chi connectivity index (χ3v) is 4.61. The third-order valence-electron chi connectivity index (χ3n) is 4.61. The Labute approximate surface area is 143 Å². The molecule has 0 saturated carbocycles. The summed E-state index contributed by atoms with van der Waals surface area (Å²) in [7, 11) is 0. The van der Waals surface area contributed by atoms with Crippen molar-refractivity contribution in [3.63, 3.8) is 0 Å². The molecular formula is C20H26N2O2. The molecule has 24 heavy (non-hydrogen) atoms. The second kappa shape index (κ2) is 7.67. The molecule has 4 heteroatoms. The summed E-state index contributed by atoms with van der Waals surface area (Å²) in [4.78, 5) is 14.4. The van der Waals surface area contributed by atoms with Gasteiger partial charge < -0.3 is 9.73 Å². The van der Waals surface area contributed by atoms with Gasteiger partial charge in [-0.1, -0.05) is 38.1 Å². The fourth-order valence-electron chi connectivity index (χ4n) is 3.62. The molecule has 0 unspecified atom stereocenters. The molecule has 1 amide bonds. The van der Waals surface area contributed by atoms with Crippen molar-refractivity contribution in [2.45, 2.75) is 33.4 Å². The number of carbonyl (C=O) groups is 1. The fourth-order valence-corrected chi connectivity index (χ4v) is 3.62. The van der Waals surface area contributed by atoms with Gasteiger partial charge in [0.25, 0.3) is 5.91 Å². The number of rotatable bonds is 5. The van der Waals surface area contributed by atoms with Crippen LogP contribution in [0.15, 0.2) is 47.3 Å². The van der Waals surface area contributed by atoms with E-state index >= 15 is 0 Å². The maximum Gasteiger partial charge on any atom is 0.254 e. The van der Waals surface area contributed by atoms with E-state index in [-0.39, 0.29) is 5.91 Å². The molecule has 128 valence electrons. The normalized spacial score (nSPS) is 21.6. The Morgan fingerprint density at radius 2 is 1.79 bits per heavy atom. The molecule has 0 bridgehead atoms. The first-order valence-corrected chi connectivity index (χ1v) is 8.70. The number of carbonyl (C=O) groups excluding carboxylic acids is 1. The molecule has 2 atom stereocenters. The van der Waals surface area contributed by atoms with Crippen molar-refractivity contribution in [2.75, 3.05) is 13.1 Å². The van der Waals surface area contributed by atoms with Gasteiger partial charge in [-0.05, 0) is 35.4 Å². The Kier molecular flexibility index (Phi) is 5.36. The Hall–Kier alpha value is -2.07. The molecule has 0 spiro atoms. The first-order valence-electron chi connectivity index (χ1n) is 8.70. The van der Waals surface area contributed by atoms with E-state index in [1.54, 1.807) is 6.07 Å². The summed E-state index contributed by atoms with van der Waals surface area (Å²) >= 11 is 0. The Bertz CT molecular complexity index is 639. The van der Waals surface area contributed by atoms with Gasteiger partial charge >= 0.3 is 0 Å². The van der Waals surface area contributed by atoms with E-state index in [1.165, 1.54) is 37.6 Å².